The summed E-state index contributed by atoms with van der Waals surface area (Å²) in [6.07, 6.45) is 2.90. The third kappa shape index (κ3) is 9.61. The van der Waals surface area contributed by atoms with Crippen molar-refractivity contribution in [2.75, 3.05) is 31.2 Å². The summed E-state index contributed by atoms with van der Waals surface area (Å²) >= 11 is 10.8. The van der Waals surface area contributed by atoms with Crippen molar-refractivity contribution < 1.29 is 9.13 Å². The molecule has 1 rings (SSSR count). The number of benzene rings is 1. The Morgan fingerprint density at radius 2 is 1.34 bits per heavy atom. The molecule has 1 aromatic carbocycles. The van der Waals surface area contributed by atoms with E-state index in [1.54, 1.807) is 0 Å². The maximum Gasteiger partial charge on any atom is 0.172 e. The molecule has 0 fully saturated rings. The fraction of sp³-hybridized carbons (Fsp3) is 0.579. The second kappa shape index (κ2) is 12.7. The first-order valence-electron chi connectivity index (χ1n) is 10.0. The summed E-state index contributed by atoms with van der Waals surface area (Å²) < 4.78 is 25.3. The van der Waals surface area contributed by atoms with Gasteiger partial charge in [-0.15, -0.1) is 0 Å². The van der Waals surface area contributed by atoms with E-state index >= 15 is 0 Å². The average molecular weight is 477 g/mol. The first-order valence-corrected chi connectivity index (χ1v) is 15.0. The molecule has 0 aliphatic heterocycles. The zero-order valence-electron chi connectivity index (χ0n) is 17.7. The van der Waals surface area contributed by atoms with Gasteiger partial charge in [-0.25, -0.2) is 0 Å². The SMILES string of the molecule is CCP(=O)(CC)NC(=S)NCC(Cc1ccccc1)NC(=S)NP(=O)(CC)CC. The number of nitrogens with one attached hydrogen (secondary N) is 4. The van der Waals surface area contributed by atoms with Crippen LogP contribution in [0.1, 0.15) is 33.3 Å². The van der Waals surface area contributed by atoms with Crippen molar-refractivity contribution in [3.8, 4) is 0 Å². The Kier molecular flexibility index (Phi) is 11.4. The molecule has 4 N–H and O–H groups in total. The third-order valence-electron chi connectivity index (χ3n) is 4.82. The smallest absolute Gasteiger partial charge is 0.172 e. The van der Waals surface area contributed by atoms with Crippen LogP contribution in [0.25, 0.3) is 0 Å². The fourth-order valence-electron chi connectivity index (χ4n) is 2.68. The third-order valence-corrected chi connectivity index (χ3v) is 10.9. The molecule has 6 nitrogen and oxygen atoms in total. The van der Waals surface area contributed by atoms with Gasteiger partial charge < -0.3 is 29.9 Å². The van der Waals surface area contributed by atoms with Crippen molar-refractivity contribution in [2.45, 2.75) is 40.2 Å². The molecule has 1 atom stereocenters. The van der Waals surface area contributed by atoms with Gasteiger partial charge in [0.05, 0.1) is 0 Å². The van der Waals surface area contributed by atoms with E-state index in [1.165, 1.54) is 0 Å². The molecule has 0 radical (unpaired) electrons. The van der Waals surface area contributed by atoms with E-state index in [0.717, 1.165) is 5.56 Å². The monoisotopic (exact) mass is 476 g/mol. The lowest BCUT2D eigenvalue weighted by Crippen LogP contribution is -2.49. The van der Waals surface area contributed by atoms with Gasteiger partial charge in [-0.1, -0.05) is 58.0 Å². The Balaban J connectivity index is 2.78. The molecule has 0 aromatic heterocycles. The zero-order chi connectivity index (χ0) is 21.9. The van der Waals surface area contributed by atoms with Crippen LogP contribution in [0, 0.1) is 0 Å². The van der Waals surface area contributed by atoms with Gasteiger partial charge in [-0.3, -0.25) is 0 Å². The van der Waals surface area contributed by atoms with Crippen LogP contribution in [0.15, 0.2) is 30.3 Å². The lowest BCUT2D eigenvalue weighted by Gasteiger charge is -2.26. The number of hydrogen-bond donors (Lipinski definition) is 4. The second-order valence-electron chi connectivity index (χ2n) is 6.84. The first kappa shape index (κ1) is 26.1. The molecule has 1 unspecified atom stereocenters. The summed E-state index contributed by atoms with van der Waals surface area (Å²) in [5.41, 5.74) is 1.15. The van der Waals surface area contributed by atoms with Crippen LogP contribution in [0.5, 0.6) is 0 Å². The summed E-state index contributed by atoms with van der Waals surface area (Å²) in [5, 5.41) is 13.2. The molecule has 0 saturated carbocycles. The van der Waals surface area contributed by atoms with Crippen LogP contribution < -0.4 is 20.8 Å². The van der Waals surface area contributed by atoms with Crippen LogP contribution in [-0.4, -0.2) is 47.5 Å². The minimum atomic E-state index is -2.50. The van der Waals surface area contributed by atoms with Gasteiger partial charge in [0.15, 0.2) is 24.8 Å². The van der Waals surface area contributed by atoms with Gasteiger partial charge in [0.2, 0.25) is 0 Å². The minimum Gasteiger partial charge on any atom is -0.360 e. The van der Waals surface area contributed by atoms with Crippen LogP contribution in [-0.2, 0) is 15.6 Å². The van der Waals surface area contributed by atoms with E-state index in [9.17, 15) is 9.13 Å². The minimum absolute atomic E-state index is 0.0815. The summed E-state index contributed by atoms with van der Waals surface area (Å²) in [5.74, 6) is 0. The Bertz CT molecular complexity index is 746. The molecule has 0 aliphatic rings. The fourth-order valence-corrected chi connectivity index (χ4v) is 6.34. The molecule has 29 heavy (non-hydrogen) atoms. The van der Waals surface area contributed by atoms with Crippen molar-refractivity contribution in [3.63, 3.8) is 0 Å². The number of hydrogen-bond acceptors (Lipinski definition) is 4. The zero-order valence-corrected chi connectivity index (χ0v) is 21.2. The highest BCUT2D eigenvalue weighted by Gasteiger charge is 2.21. The predicted octanol–water partition coefficient (Wildman–Crippen LogP) is 4.16. The first-order chi connectivity index (χ1) is 13.7. The largest absolute Gasteiger partial charge is 0.360 e. The Labute approximate surface area is 186 Å². The normalized spacial score (nSPS) is 12.7. The van der Waals surface area contributed by atoms with Crippen molar-refractivity contribution in [1.82, 2.24) is 20.8 Å². The molecular formula is C19H34N4O2P2S2. The maximum atomic E-state index is 12.7. The number of rotatable bonds is 11. The van der Waals surface area contributed by atoms with Crippen molar-refractivity contribution >= 4 is 49.2 Å². The van der Waals surface area contributed by atoms with Gasteiger partial charge in [-0.05, 0) is 36.4 Å². The molecule has 0 heterocycles. The Morgan fingerprint density at radius 3 is 1.83 bits per heavy atom. The van der Waals surface area contributed by atoms with E-state index in [4.69, 9.17) is 24.4 Å². The number of thiocarbonyl (C=S) groups is 2. The Hall–Kier alpha value is -0.940. The van der Waals surface area contributed by atoms with E-state index in [-0.39, 0.29) is 6.04 Å². The van der Waals surface area contributed by atoms with Gasteiger partial charge in [0.25, 0.3) is 0 Å². The molecule has 1 aromatic rings. The molecular weight excluding hydrogens is 442 g/mol. The van der Waals surface area contributed by atoms with E-state index in [1.807, 2.05) is 58.0 Å². The Morgan fingerprint density at radius 1 is 0.862 bits per heavy atom. The van der Waals surface area contributed by atoms with Crippen LogP contribution in [0.2, 0.25) is 0 Å². The van der Waals surface area contributed by atoms with Crippen LogP contribution >= 0.6 is 39.0 Å². The van der Waals surface area contributed by atoms with Crippen LogP contribution in [0.4, 0.5) is 0 Å². The molecule has 164 valence electrons. The highest BCUT2D eigenvalue weighted by molar-refractivity contribution is 7.81. The molecule has 0 spiro atoms. The van der Waals surface area contributed by atoms with Crippen molar-refractivity contribution in [3.05, 3.63) is 35.9 Å². The van der Waals surface area contributed by atoms with E-state index in [2.05, 4.69) is 20.8 Å². The van der Waals surface area contributed by atoms with Crippen molar-refractivity contribution in [2.24, 2.45) is 0 Å². The summed E-state index contributed by atoms with van der Waals surface area (Å²) in [6.45, 7) is 8.06. The topological polar surface area (TPSA) is 82.3 Å². The highest BCUT2D eigenvalue weighted by Crippen LogP contribution is 2.39. The summed E-state index contributed by atoms with van der Waals surface area (Å²) in [6, 6.07) is 9.97. The van der Waals surface area contributed by atoms with Crippen LogP contribution in [0.3, 0.4) is 0 Å². The van der Waals surface area contributed by atoms with Crippen molar-refractivity contribution in [1.29, 1.82) is 0 Å². The molecule has 0 aliphatic carbocycles. The lowest BCUT2D eigenvalue weighted by atomic mass is 10.1. The predicted molar refractivity (Wildman–Crippen MR) is 134 cm³/mol. The maximum absolute atomic E-state index is 12.7. The summed E-state index contributed by atoms with van der Waals surface area (Å²) in [4.78, 5) is 0. The van der Waals surface area contributed by atoms with Gasteiger partial charge >= 0.3 is 0 Å². The van der Waals surface area contributed by atoms with E-state index < -0.39 is 14.6 Å². The van der Waals surface area contributed by atoms with Gasteiger partial charge in [0.1, 0.15) is 0 Å². The quantitative estimate of drug-likeness (QED) is 0.280. The molecule has 0 bridgehead atoms. The standard InChI is InChI=1S/C19H34N4O2P2S2/c1-5-26(24,6-2)22-18(28)20-15-17(14-16-12-10-9-11-13-16)21-19(29)23-27(25,7-3)8-4/h9-13,17H,5-8,14-15H2,1-4H3,(H2,20,22,24,28)(H2,21,23,25,29). The molecule has 10 heteroatoms. The lowest BCUT2D eigenvalue weighted by molar-refractivity contribution is 0.564. The highest BCUT2D eigenvalue weighted by atomic mass is 32.1. The van der Waals surface area contributed by atoms with E-state index in [0.29, 0.717) is 47.8 Å². The average Bonchev–Trinajstić information content (AvgIpc) is 2.72. The molecule has 0 saturated heterocycles. The molecule has 0 amide bonds. The second-order valence-corrected chi connectivity index (χ2v) is 14.2. The van der Waals surface area contributed by atoms with Gasteiger partial charge in [-0.2, -0.15) is 0 Å². The van der Waals surface area contributed by atoms with Gasteiger partial charge in [0, 0.05) is 37.2 Å². The summed E-state index contributed by atoms with van der Waals surface area (Å²) in [7, 11) is -4.98.